The number of amides is 1. The summed E-state index contributed by atoms with van der Waals surface area (Å²) in [4.78, 5) is 20.2. The van der Waals surface area contributed by atoms with Crippen molar-refractivity contribution < 1.29 is 18.3 Å². The number of guanidine groups is 1. The van der Waals surface area contributed by atoms with E-state index in [1.807, 2.05) is 4.90 Å². The van der Waals surface area contributed by atoms with Gasteiger partial charge in [0, 0.05) is 59.0 Å². The molecule has 1 heterocycles. The molecule has 1 fully saturated rings. The Labute approximate surface area is 181 Å². The van der Waals surface area contributed by atoms with Crippen LogP contribution in [0.2, 0.25) is 0 Å². The topological polar surface area (TPSA) is 69.2 Å². The zero-order valence-corrected chi connectivity index (χ0v) is 18.5. The lowest BCUT2D eigenvalue weighted by Gasteiger charge is -2.36. The van der Waals surface area contributed by atoms with E-state index in [2.05, 4.69) is 20.5 Å². The fraction of sp³-hybridized carbons (Fsp3) is 0.556. The number of hydrogen-bond donors (Lipinski definition) is 2. The third-order valence-electron chi connectivity index (χ3n) is 4.32. The van der Waals surface area contributed by atoms with E-state index in [1.54, 1.807) is 14.2 Å². The Kier molecular flexibility index (Phi) is 11.2. The number of ether oxygens (including phenoxy) is 1. The van der Waals surface area contributed by atoms with E-state index >= 15 is 0 Å². The van der Waals surface area contributed by atoms with Crippen LogP contribution in [0.5, 0.6) is 0 Å². The van der Waals surface area contributed by atoms with Gasteiger partial charge < -0.3 is 20.3 Å². The van der Waals surface area contributed by atoms with Crippen molar-refractivity contribution in [1.82, 2.24) is 20.4 Å². The summed E-state index contributed by atoms with van der Waals surface area (Å²) in [5.41, 5.74) is 0.252. The second-order valence-corrected chi connectivity index (χ2v) is 6.24. The molecule has 2 rings (SSSR count). The number of halogens is 3. The molecular formula is C18H28F2IN5O2. The van der Waals surface area contributed by atoms with E-state index in [-0.39, 0.29) is 42.0 Å². The molecule has 0 atom stereocenters. The van der Waals surface area contributed by atoms with Crippen molar-refractivity contribution in [3.05, 3.63) is 35.4 Å². The van der Waals surface area contributed by atoms with Crippen molar-refractivity contribution in [3.8, 4) is 0 Å². The monoisotopic (exact) mass is 511 g/mol. The average molecular weight is 511 g/mol. The molecule has 0 aliphatic carbocycles. The van der Waals surface area contributed by atoms with Crippen LogP contribution in [0.4, 0.5) is 8.78 Å². The molecule has 0 saturated carbocycles. The van der Waals surface area contributed by atoms with Gasteiger partial charge in [0.2, 0.25) is 5.91 Å². The molecule has 1 aliphatic rings. The molecule has 1 aromatic rings. The van der Waals surface area contributed by atoms with Crippen LogP contribution in [0.15, 0.2) is 23.2 Å². The van der Waals surface area contributed by atoms with Gasteiger partial charge >= 0.3 is 0 Å². The van der Waals surface area contributed by atoms with Gasteiger partial charge in [-0.3, -0.25) is 14.7 Å². The number of piperazine rings is 1. The van der Waals surface area contributed by atoms with Gasteiger partial charge in [-0.15, -0.1) is 24.0 Å². The summed E-state index contributed by atoms with van der Waals surface area (Å²) in [5.74, 6) is -0.323. The number of hydrogen-bond acceptors (Lipinski definition) is 4. The Morgan fingerprint density at radius 1 is 1.21 bits per heavy atom. The van der Waals surface area contributed by atoms with Crippen LogP contribution in [-0.2, 0) is 16.1 Å². The summed E-state index contributed by atoms with van der Waals surface area (Å²) >= 11 is 0. The number of carbonyl (C=O) groups excluding carboxylic acids is 1. The quantitative estimate of drug-likeness (QED) is 0.248. The molecule has 0 unspecified atom stereocenters. The van der Waals surface area contributed by atoms with Gasteiger partial charge in [-0.1, -0.05) is 0 Å². The molecule has 0 spiro atoms. The van der Waals surface area contributed by atoms with Crippen molar-refractivity contribution in [1.29, 1.82) is 0 Å². The van der Waals surface area contributed by atoms with Crippen LogP contribution >= 0.6 is 24.0 Å². The predicted molar refractivity (Wildman–Crippen MR) is 115 cm³/mol. The minimum absolute atomic E-state index is 0. The molecule has 7 nitrogen and oxygen atoms in total. The third kappa shape index (κ3) is 7.84. The Bertz CT molecular complexity index is 655. The van der Waals surface area contributed by atoms with Crippen molar-refractivity contribution >= 4 is 35.8 Å². The van der Waals surface area contributed by atoms with Crippen LogP contribution in [-0.4, -0.2) is 81.7 Å². The predicted octanol–water partition coefficient (Wildman–Crippen LogP) is 1.04. The number of methoxy groups -OCH3 is 1. The minimum atomic E-state index is -0.472. The lowest BCUT2D eigenvalue weighted by Crippen LogP contribution is -2.54. The summed E-state index contributed by atoms with van der Waals surface area (Å²) in [6.07, 6.45) is 0. The second-order valence-electron chi connectivity index (χ2n) is 6.24. The molecular weight excluding hydrogens is 483 g/mol. The number of nitrogens with one attached hydrogen (secondary N) is 2. The summed E-state index contributed by atoms with van der Waals surface area (Å²) in [7, 11) is 3.24. The largest absolute Gasteiger partial charge is 0.383 e. The highest BCUT2D eigenvalue weighted by molar-refractivity contribution is 14.0. The van der Waals surface area contributed by atoms with Gasteiger partial charge in [-0.2, -0.15) is 0 Å². The first-order valence-electron chi connectivity index (χ1n) is 8.91. The van der Waals surface area contributed by atoms with E-state index < -0.39 is 11.6 Å². The zero-order valence-electron chi connectivity index (χ0n) is 16.2. The van der Waals surface area contributed by atoms with Gasteiger partial charge in [-0.05, 0) is 18.2 Å². The van der Waals surface area contributed by atoms with Gasteiger partial charge in [-0.25, -0.2) is 8.78 Å². The third-order valence-corrected chi connectivity index (χ3v) is 4.32. The number of carbonyl (C=O) groups is 1. The van der Waals surface area contributed by atoms with E-state index in [1.165, 1.54) is 6.07 Å². The van der Waals surface area contributed by atoms with E-state index in [9.17, 15) is 13.6 Å². The zero-order chi connectivity index (χ0) is 19.6. The Morgan fingerprint density at radius 3 is 2.57 bits per heavy atom. The lowest BCUT2D eigenvalue weighted by molar-refractivity contribution is -0.122. The molecule has 28 heavy (non-hydrogen) atoms. The van der Waals surface area contributed by atoms with Gasteiger partial charge in [0.05, 0.1) is 13.2 Å². The molecule has 2 N–H and O–H groups in total. The minimum Gasteiger partial charge on any atom is -0.383 e. The Balaban J connectivity index is 0.00000392. The molecule has 158 valence electrons. The SMILES string of the molecule is CN=C(NCc1cc(F)ccc1F)N1CCN(CC(=O)NCCOC)CC1.I. The maximum absolute atomic E-state index is 13.7. The summed E-state index contributed by atoms with van der Waals surface area (Å²) < 4.78 is 31.9. The van der Waals surface area contributed by atoms with Crippen LogP contribution in [0.3, 0.4) is 0 Å². The standard InChI is InChI=1S/C18H27F2N5O2.HI/c1-21-18(23-12-14-11-15(19)3-4-16(14)20)25-8-6-24(7-9-25)13-17(26)22-5-10-27-2;/h3-4,11H,5-10,12-13H2,1-2H3,(H,21,23)(H,22,26);1H. The van der Waals surface area contributed by atoms with Gasteiger partial charge in [0.1, 0.15) is 11.6 Å². The first-order valence-corrected chi connectivity index (χ1v) is 8.91. The smallest absolute Gasteiger partial charge is 0.234 e. The molecule has 0 radical (unpaired) electrons. The van der Waals surface area contributed by atoms with Gasteiger partial charge in [0.25, 0.3) is 0 Å². The van der Waals surface area contributed by atoms with E-state index in [0.717, 1.165) is 12.1 Å². The molecule has 0 aromatic heterocycles. The Hall–Kier alpha value is -1.53. The van der Waals surface area contributed by atoms with E-state index in [0.29, 0.717) is 51.8 Å². The van der Waals surface area contributed by atoms with Crippen molar-refractivity contribution in [2.24, 2.45) is 4.99 Å². The summed E-state index contributed by atoms with van der Waals surface area (Å²) in [6.45, 7) is 4.30. The molecule has 1 aliphatic heterocycles. The molecule has 1 aromatic carbocycles. The average Bonchev–Trinajstić information content (AvgIpc) is 2.66. The number of rotatable bonds is 7. The van der Waals surface area contributed by atoms with Crippen LogP contribution in [0.25, 0.3) is 0 Å². The van der Waals surface area contributed by atoms with Crippen molar-refractivity contribution in [3.63, 3.8) is 0 Å². The first-order chi connectivity index (χ1) is 13.0. The highest BCUT2D eigenvalue weighted by atomic mass is 127. The highest BCUT2D eigenvalue weighted by Crippen LogP contribution is 2.10. The van der Waals surface area contributed by atoms with Crippen LogP contribution in [0.1, 0.15) is 5.56 Å². The Morgan fingerprint density at radius 2 is 1.93 bits per heavy atom. The fourth-order valence-electron chi connectivity index (χ4n) is 2.85. The molecule has 10 heteroatoms. The number of aliphatic imine (C=N–C) groups is 1. The summed E-state index contributed by atoms with van der Waals surface area (Å²) in [6, 6.07) is 3.39. The molecule has 1 amide bonds. The first kappa shape index (κ1) is 24.5. The van der Waals surface area contributed by atoms with E-state index in [4.69, 9.17) is 4.74 Å². The van der Waals surface area contributed by atoms with Crippen molar-refractivity contribution in [2.45, 2.75) is 6.54 Å². The molecule has 1 saturated heterocycles. The van der Waals surface area contributed by atoms with Crippen LogP contribution < -0.4 is 10.6 Å². The number of benzene rings is 1. The van der Waals surface area contributed by atoms with Crippen LogP contribution in [0, 0.1) is 11.6 Å². The normalized spacial score (nSPS) is 15.1. The molecule has 0 bridgehead atoms. The number of nitrogens with zero attached hydrogens (tertiary/aromatic N) is 3. The summed E-state index contributed by atoms with van der Waals surface area (Å²) in [5, 5.41) is 5.87. The highest BCUT2D eigenvalue weighted by Gasteiger charge is 2.21. The second kappa shape index (κ2) is 12.8. The van der Waals surface area contributed by atoms with Gasteiger partial charge in [0.15, 0.2) is 5.96 Å². The lowest BCUT2D eigenvalue weighted by atomic mass is 10.2. The maximum Gasteiger partial charge on any atom is 0.234 e. The maximum atomic E-state index is 13.7. The van der Waals surface area contributed by atoms with Crippen molar-refractivity contribution in [2.75, 3.05) is 60.0 Å². The fourth-order valence-corrected chi connectivity index (χ4v) is 2.85.